The Balaban J connectivity index is 1.99. The maximum atomic E-state index is 6.16. The largest absolute Gasteiger partial charge is 0.457 e. The highest BCUT2D eigenvalue weighted by Crippen LogP contribution is 2.31. The summed E-state index contributed by atoms with van der Waals surface area (Å²) in [5.41, 5.74) is 6.25. The normalized spacial score (nSPS) is 10.5. The first-order chi connectivity index (χ1) is 10.1. The fraction of sp³-hybridized carbons (Fsp3) is 0. The van der Waals surface area contributed by atoms with Gasteiger partial charge in [0.15, 0.2) is 0 Å². The quantitative estimate of drug-likeness (QED) is 0.697. The van der Waals surface area contributed by atoms with E-state index in [9.17, 15) is 0 Å². The van der Waals surface area contributed by atoms with Crippen LogP contribution in [0.15, 0.2) is 60.7 Å². The number of benzene rings is 3. The van der Waals surface area contributed by atoms with Crippen molar-refractivity contribution in [3.63, 3.8) is 0 Å². The Kier molecular flexibility index (Phi) is 3.78. The molecule has 0 aliphatic rings. The first-order valence-electron chi connectivity index (χ1n) is 6.40. The summed E-state index contributed by atoms with van der Waals surface area (Å²) in [6.45, 7) is 0. The first-order valence-corrected chi connectivity index (χ1v) is 7.19. The number of hydrogen-bond acceptors (Lipinski definition) is 2. The summed E-state index contributed by atoms with van der Waals surface area (Å²) in [6.07, 6.45) is 0. The van der Waals surface area contributed by atoms with Crippen molar-refractivity contribution in [2.24, 2.45) is 5.73 Å². The summed E-state index contributed by atoms with van der Waals surface area (Å²) in [7, 11) is 0. The van der Waals surface area contributed by atoms with Crippen molar-refractivity contribution < 1.29 is 4.74 Å². The van der Waals surface area contributed by atoms with Crippen molar-refractivity contribution in [3.05, 3.63) is 71.2 Å². The second-order valence-corrected chi connectivity index (χ2v) is 5.43. The van der Waals surface area contributed by atoms with Crippen LogP contribution in [0.1, 0.15) is 5.56 Å². The van der Waals surface area contributed by atoms with E-state index < -0.39 is 0 Å². The number of ether oxygens (including phenoxy) is 1. The van der Waals surface area contributed by atoms with Crippen molar-refractivity contribution in [1.29, 1.82) is 0 Å². The second kappa shape index (κ2) is 5.72. The van der Waals surface area contributed by atoms with E-state index in [-0.39, 0.29) is 4.99 Å². The van der Waals surface area contributed by atoms with Crippen LogP contribution in [0.3, 0.4) is 0 Å². The van der Waals surface area contributed by atoms with Crippen LogP contribution >= 0.6 is 23.8 Å². The molecule has 0 spiro atoms. The van der Waals surface area contributed by atoms with Gasteiger partial charge in [-0.3, -0.25) is 0 Å². The number of fused-ring (bicyclic) bond motifs is 1. The maximum Gasteiger partial charge on any atom is 0.135 e. The van der Waals surface area contributed by atoms with Gasteiger partial charge in [-0.15, -0.1) is 0 Å². The third-order valence-electron chi connectivity index (χ3n) is 3.18. The lowest BCUT2D eigenvalue weighted by molar-refractivity contribution is 0.488. The van der Waals surface area contributed by atoms with E-state index in [1.54, 1.807) is 12.1 Å². The van der Waals surface area contributed by atoms with Gasteiger partial charge in [0.2, 0.25) is 0 Å². The van der Waals surface area contributed by atoms with Crippen LogP contribution < -0.4 is 10.5 Å². The Hall–Kier alpha value is -2.10. The molecule has 2 nitrogen and oxygen atoms in total. The predicted molar refractivity (Wildman–Crippen MR) is 91.4 cm³/mol. The highest BCUT2D eigenvalue weighted by Gasteiger charge is 2.07. The number of thiocarbonyl (C=S) groups is 1. The van der Waals surface area contributed by atoms with Gasteiger partial charge in [-0.25, -0.2) is 0 Å². The van der Waals surface area contributed by atoms with Crippen LogP contribution in [0.25, 0.3) is 10.8 Å². The Morgan fingerprint density at radius 2 is 1.76 bits per heavy atom. The Bertz CT molecular complexity index is 827. The highest BCUT2D eigenvalue weighted by molar-refractivity contribution is 7.80. The molecule has 3 rings (SSSR count). The fourth-order valence-corrected chi connectivity index (χ4v) is 2.68. The first kappa shape index (κ1) is 13.9. The minimum absolute atomic E-state index is 0.275. The summed E-state index contributed by atoms with van der Waals surface area (Å²) in [5, 5.41) is 2.66. The lowest BCUT2D eigenvalue weighted by atomic mass is 10.1. The molecule has 0 saturated heterocycles. The Morgan fingerprint density at radius 1 is 1.00 bits per heavy atom. The van der Waals surface area contributed by atoms with Crippen molar-refractivity contribution in [1.82, 2.24) is 0 Å². The zero-order chi connectivity index (χ0) is 14.8. The molecule has 0 amide bonds. The molecule has 0 bridgehead atoms. The van der Waals surface area contributed by atoms with E-state index >= 15 is 0 Å². The molecule has 3 aromatic carbocycles. The smallest absolute Gasteiger partial charge is 0.135 e. The summed E-state index contributed by atoms with van der Waals surface area (Å²) in [6, 6.07) is 19.3. The monoisotopic (exact) mass is 313 g/mol. The van der Waals surface area contributed by atoms with Crippen molar-refractivity contribution >= 4 is 39.6 Å². The zero-order valence-electron chi connectivity index (χ0n) is 11.0. The van der Waals surface area contributed by atoms with E-state index in [0.29, 0.717) is 16.3 Å². The molecule has 104 valence electrons. The molecule has 0 aliphatic carbocycles. The van der Waals surface area contributed by atoms with Gasteiger partial charge in [-0.1, -0.05) is 60.2 Å². The predicted octanol–water partition coefficient (Wildman–Crippen LogP) is 4.92. The summed E-state index contributed by atoms with van der Waals surface area (Å²) in [4.78, 5) is 0.275. The van der Waals surface area contributed by atoms with Gasteiger partial charge in [-0.05, 0) is 23.6 Å². The summed E-state index contributed by atoms with van der Waals surface area (Å²) in [5.74, 6) is 1.43. The molecule has 21 heavy (non-hydrogen) atoms. The van der Waals surface area contributed by atoms with Crippen molar-refractivity contribution in [2.75, 3.05) is 0 Å². The van der Waals surface area contributed by atoms with E-state index in [1.807, 2.05) is 48.5 Å². The standard InChI is InChI=1S/C17H12ClNOS/c18-15-10-12(8-9-14(15)17(19)21)20-16-7-3-5-11-4-1-2-6-13(11)16/h1-10H,(H2,19,21). The number of nitrogens with two attached hydrogens (primary N) is 1. The molecule has 3 aromatic rings. The van der Waals surface area contributed by atoms with E-state index in [2.05, 4.69) is 0 Å². The average Bonchev–Trinajstić information content (AvgIpc) is 2.47. The molecule has 0 heterocycles. The zero-order valence-corrected chi connectivity index (χ0v) is 12.6. The van der Waals surface area contributed by atoms with Crippen LogP contribution in [-0.4, -0.2) is 4.99 Å². The molecule has 0 unspecified atom stereocenters. The van der Waals surface area contributed by atoms with Crippen LogP contribution in [0, 0.1) is 0 Å². The molecule has 4 heteroatoms. The fourth-order valence-electron chi connectivity index (χ4n) is 2.17. The molecular formula is C17H12ClNOS. The Morgan fingerprint density at radius 3 is 2.52 bits per heavy atom. The molecule has 0 fully saturated rings. The van der Waals surface area contributed by atoms with Crippen LogP contribution in [0.4, 0.5) is 0 Å². The maximum absolute atomic E-state index is 6.16. The van der Waals surface area contributed by atoms with E-state index in [1.165, 1.54) is 0 Å². The molecule has 0 radical (unpaired) electrons. The summed E-state index contributed by atoms with van der Waals surface area (Å²) >= 11 is 11.1. The SMILES string of the molecule is NC(=S)c1ccc(Oc2cccc3ccccc23)cc1Cl. The van der Waals surface area contributed by atoms with Gasteiger partial charge in [0.1, 0.15) is 16.5 Å². The number of rotatable bonds is 3. The molecule has 2 N–H and O–H groups in total. The number of halogens is 1. The molecule has 0 aliphatic heterocycles. The van der Waals surface area contributed by atoms with Gasteiger partial charge < -0.3 is 10.5 Å². The van der Waals surface area contributed by atoms with Gasteiger partial charge in [0.05, 0.1) is 5.02 Å². The van der Waals surface area contributed by atoms with Crippen LogP contribution in [0.5, 0.6) is 11.5 Å². The van der Waals surface area contributed by atoms with Gasteiger partial charge in [0, 0.05) is 17.0 Å². The molecule has 0 atom stereocenters. The topological polar surface area (TPSA) is 35.2 Å². The Labute approximate surface area is 133 Å². The minimum atomic E-state index is 0.275. The van der Waals surface area contributed by atoms with E-state index in [0.717, 1.165) is 16.5 Å². The van der Waals surface area contributed by atoms with Gasteiger partial charge in [0.25, 0.3) is 0 Å². The van der Waals surface area contributed by atoms with E-state index in [4.69, 9.17) is 34.3 Å². The van der Waals surface area contributed by atoms with Crippen LogP contribution in [0.2, 0.25) is 5.02 Å². The minimum Gasteiger partial charge on any atom is -0.457 e. The van der Waals surface area contributed by atoms with Gasteiger partial charge in [-0.2, -0.15) is 0 Å². The second-order valence-electron chi connectivity index (χ2n) is 4.59. The molecule has 0 saturated carbocycles. The average molecular weight is 314 g/mol. The molecular weight excluding hydrogens is 302 g/mol. The highest BCUT2D eigenvalue weighted by atomic mass is 35.5. The lowest BCUT2D eigenvalue weighted by Gasteiger charge is -2.10. The van der Waals surface area contributed by atoms with Crippen molar-refractivity contribution in [3.8, 4) is 11.5 Å². The third-order valence-corrected chi connectivity index (χ3v) is 3.72. The summed E-state index contributed by atoms with van der Waals surface area (Å²) < 4.78 is 5.94. The van der Waals surface area contributed by atoms with Crippen LogP contribution in [-0.2, 0) is 0 Å². The van der Waals surface area contributed by atoms with Crippen molar-refractivity contribution in [2.45, 2.75) is 0 Å². The molecule has 0 aromatic heterocycles. The third kappa shape index (κ3) is 2.84. The number of hydrogen-bond donors (Lipinski definition) is 1. The lowest BCUT2D eigenvalue weighted by Crippen LogP contribution is -2.09. The van der Waals surface area contributed by atoms with Gasteiger partial charge >= 0.3 is 0 Å².